The predicted molar refractivity (Wildman–Crippen MR) is 119 cm³/mol. The van der Waals surface area contributed by atoms with Crippen LogP contribution in [0, 0.1) is 5.92 Å². The molecular weight excluding hydrogens is 436 g/mol. The minimum atomic E-state index is -3.51. The van der Waals surface area contributed by atoms with Crippen molar-refractivity contribution in [2.45, 2.75) is 30.4 Å². The number of H-pyrrole nitrogens is 1. The molecule has 0 radical (unpaired) electrons. The van der Waals surface area contributed by atoms with Gasteiger partial charge in [-0.2, -0.15) is 4.31 Å². The molecule has 0 spiro atoms. The smallest absolute Gasteiger partial charge is 0.309 e. The molecule has 0 atom stereocenters. The number of fused-ring (bicyclic) bond motifs is 1. The van der Waals surface area contributed by atoms with Gasteiger partial charge in [0.15, 0.2) is 6.61 Å². The van der Waals surface area contributed by atoms with Crippen LogP contribution in [-0.2, 0) is 26.0 Å². The molecule has 1 aliphatic rings. The number of benzene rings is 1. The Bertz CT molecular complexity index is 1190. The van der Waals surface area contributed by atoms with Crippen molar-refractivity contribution in [3.8, 4) is 0 Å². The first kappa shape index (κ1) is 21.7. The Morgan fingerprint density at radius 1 is 1.19 bits per heavy atom. The van der Waals surface area contributed by atoms with Crippen molar-refractivity contribution < 1.29 is 22.7 Å². The molecule has 1 saturated heterocycles. The van der Waals surface area contributed by atoms with Crippen LogP contribution in [0.3, 0.4) is 0 Å². The number of ketones is 1. The van der Waals surface area contributed by atoms with Crippen molar-refractivity contribution in [1.82, 2.24) is 9.29 Å². The quantitative estimate of drug-likeness (QED) is 0.429. The van der Waals surface area contributed by atoms with E-state index in [-0.39, 0.29) is 25.5 Å². The van der Waals surface area contributed by atoms with Crippen molar-refractivity contribution >= 4 is 44.0 Å². The fraction of sp³-hybridized carbons (Fsp3) is 0.364. The van der Waals surface area contributed by atoms with E-state index in [1.54, 1.807) is 23.7 Å². The largest absolute Gasteiger partial charge is 0.457 e. The van der Waals surface area contributed by atoms with Gasteiger partial charge in [-0.05, 0) is 36.3 Å². The molecule has 0 saturated carbocycles. The van der Waals surface area contributed by atoms with E-state index in [1.165, 1.54) is 15.6 Å². The van der Waals surface area contributed by atoms with Gasteiger partial charge in [0.05, 0.1) is 5.92 Å². The number of sulfonamides is 1. The summed E-state index contributed by atoms with van der Waals surface area (Å²) < 4.78 is 32.2. The third kappa shape index (κ3) is 4.30. The third-order valence-corrected chi connectivity index (χ3v) is 8.98. The Balaban J connectivity index is 1.33. The van der Waals surface area contributed by atoms with Gasteiger partial charge in [-0.25, -0.2) is 8.42 Å². The Morgan fingerprint density at radius 3 is 2.65 bits per heavy atom. The first-order valence-corrected chi connectivity index (χ1v) is 12.6. The summed E-state index contributed by atoms with van der Waals surface area (Å²) >= 11 is 1.18. The molecule has 1 aliphatic heterocycles. The number of carbonyl (C=O) groups is 2. The highest BCUT2D eigenvalue weighted by Gasteiger charge is 2.33. The average Bonchev–Trinajstić information content (AvgIpc) is 3.47. The summed E-state index contributed by atoms with van der Waals surface area (Å²) in [5.74, 6) is -1.11. The van der Waals surface area contributed by atoms with E-state index in [0.717, 1.165) is 22.9 Å². The Kier molecular flexibility index (Phi) is 6.27. The summed E-state index contributed by atoms with van der Waals surface area (Å²) in [6.07, 6.45) is 3.27. The highest BCUT2D eigenvalue weighted by atomic mass is 32.2. The number of ether oxygens (including phenoxy) is 1. The van der Waals surface area contributed by atoms with E-state index in [0.29, 0.717) is 22.6 Å². The number of esters is 1. The van der Waals surface area contributed by atoms with Crippen LogP contribution in [0.15, 0.2) is 46.1 Å². The summed E-state index contributed by atoms with van der Waals surface area (Å²) in [6.45, 7) is 2.25. The van der Waals surface area contributed by atoms with Crippen molar-refractivity contribution in [1.29, 1.82) is 0 Å². The number of nitrogens with one attached hydrogen (secondary N) is 1. The molecule has 2 aromatic heterocycles. The van der Waals surface area contributed by atoms with Gasteiger partial charge in [0, 0.05) is 35.8 Å². The lowest BCUT2D eigenvalue weighted by Gasteiger charge is -2.29. The maximum atomic E-state index is 12.6. The van der Waals surface area contributed by atoms with E-state index in [2.05, 4.69) is 11.9 Å². The van der Waals surface area contributed by atoms with E-state index in [4.69, 9.17) is 4.74 Å². The molecule has 3 heterocycles. The molecule has 1 fully saturated rings. The van der Waals surface area contributed by atoms with Crippen molar-refractivity contribution in [3.63, 3.8) is 0 Å². The van der Waals surface area contributed by atoms with Gasteiger partial charge in [-0.15, -0.1) is 11.3 Å². The number of piperidine rings is 1. The van der Waals surface area contributed by atoms with Crippen molar-refractivity contribution in [2.75, 3.05) is 19.7 Å². The van der Waals surface area contributed by atoms with Crippen LogP contribution in [0.2, 0.25) is 0 Å². The molecule has 0 unspecified atom stereocenters. The summed E-state index contributed by atoms with van der Waals surface area (Å²) in [6, 6.07) is 9.09. The number of aromatic amines is 1. The number of hydrogen-bond acceptors (Lipinski definition) is 6. The van der Waals surface area contributed by atoms with Crippen molar-refractivity contribution in [3.05, 3.63) is 53.0 Å². The van der Waals surface area contributed by atoms with E-state index in [1.807, 2.05) is 18.2 Å². The van der Waals surface area contributed by atoms with Crippen molar-refractivity contribution in [2.24, 2.45) is 5.92 Å². The van der Waals surface area contributed by atoms with Gasteiger partial charge >= 0.3 is 5.97 Å². The third-order valence-electron chi connectivity index (χ3n) is 5.71. The molecule has 31 heavy (non-hydrogen) atoms. The highest BCUT2D eigenvalue weighted by molar-refractivity contribution is 7.91. The fourth-order valence-electron chi connectivity index (χ4n) is 3.94. The Labute approximate surface area is 185 Å². The number of carbonyl (C=O) groups excluding carboxylic acids is 2. The van der Waals surface area contributed by atoms with Gasteiger partial charge in [0.25, 0.3) is 10.0 Å². The van der Waals surface area contributed by atoms with Crippen LogP contribution in [0.1, 0.15) is 35.7 Å². The van der Waals surface area contributed by atoms with Crippen LogP contribution in [0.5, 0.6) is 0 Å². The molecular formula is C22H24N2O5S2. The molecule has 0 bridgehead atoms. The van der Waals surface area contributed by atoms with Crippen LogP contribution < -0.4 is 0 Å². The zero-order valence-electron chi connectivity index (χ0n) is 17.2. The number of rotatable bonds is 7. The molecule has 3 aromatic rings. The zero-order chi connectivity index (χ0) is 22.0. The minimum Gasteiger partial charge on any atom is -0.457 e. The Hall–Kier alpha value is -2.49. The average molecular weight is 461 g/mol. The summed E-state index contributed by atoms with van der Waals surface area (Å²) in [7, 11) is -3.51. The predicted octanol–water partition coefficient (Wildman–Crippen LogP) is 3.62. The first-order valence-electron chi connectivity index (χ1n) is 10.2. The molecule has 1 aromatic carbocycles. The normalized spacial score (nSPS) is 15.9. The number of nitrogens with zero attached hydrogens (tertiary/aromatic N) is 1. The van der Waals surface area contributed by atoms with Gasteiger partial charge in [0.2, 0.25) is 5.78 Å². The van der Waals surface area contributed by atoms with Gasteiger partial charge in [-0.1, -0.05) is 31.2 Å². The summed E-state index contributed by atoms with van der Waals surface area (Å²) in [5, 5.41) is 2.55. The summed E-state index contributed by atoms with van der Waals surface area (Å²) in [5.41, 5.74) is 2.56. The molecule has 0 aliphatic carbocycles. The number of hydrogen-bond donors (Lipinski definition) is 1. The minimum absolute atomic E-state index is 0.259. The summed E-state index contributed by atoms with van der Waals surface area (Å²) in [4.78, 5) is 28.3. The van der Waals surface area contributed by atoms with Gasteiger partial charge < -0.3 is 9.72 Å². The van der Waals surface area contributed by atoms with Crippen LogP contribution in [0.25, 0.3) is 10.9 Å². The lowest BCUT2D eigenvalue weighted by atomic mass is 9.98. The van der Waals surface area contributed by atoms with Gasteiger partial charge in [-0.3, -0.25) is 9.59 Å². The number of aryl methyl sites for hydroxylation is 1. The SMILES string of the molecule is CCc1cccc2c(C(=O)COC(=O)C3CCN(S(=O)(=O)c4cccs4)CC3)c[nH]c12. The maximum Gasteiger partial charge on any atom is 0.309 e. The lowest BCUT2D eigenvalue weighted by Crippen LogP contribution is -2.40. The molecule has 0 amide bonds. The second kappa shape index (κ2) is 8.94. The standard InChI is InChI=1S/C22H24N2O5S2/c1-2-15-5-3-6-17-18(13-23-21(15)17)19(25)14-29-22(26)16-8-10-24(11-9-16)31(27,28)20-7-4-12-30-20/h3-7,12-13,16,23H,2,8-11,14H2,1H3. The monoisotopic (exact) mass is 460 g/mol. The molecule has 4 rings (SSSR count). The second-order valence-corrected chi connectivity index (χ2v) is 10.6. The van der Waals surface area contributed by atoms with E-state index in [9.17, 15) is 18.0 Å². The van der Waals surface area contributed by atoms with Crippen LogP contribution in [0.4, 0.5) is 0 Å². The van der Waals surface area contributed by atoms with Crippen LogP contribution in [-0.4, -0.2) is 49.2 Å². The number of aromatic nitrogens is 1. The lowest BCUT2D eigenvalue weighted by molar-refractivity contribution is -0.148. The number of para-hydroxylation sites is 1. The van der Waals surface area contributed by atoms with E-state index < -0.39 is 21.9 Å². The maximum absolute atomic E-state index is 12.6. The molecule has 9 heteroatoms. The number of thiophene rings is 1. The molecule has 1 N–H and O–H groups in total. The zero-order valence-corrected chi connectivity index (χ0v) is 18.8. The highest BCUT2D eigenvalue weighted by Crippen LogP contribution is 2.27. The van der Waals surface area contributed by atoms with Gasteiger partial charge in [0.1, 0.15) is 4.21 Å². The fourth-order valence-corrected chi connectivity index (χ4v) is 6.56. The molecule has 164 valence electrons. The van der Waals surface area contributed by atoms with Crippen LogP contribution >= 0.6 is 11.3 Å². The molecule has 7 nitrogen and oxygen atoms in total. The first-order chi connectivity index (χ1) is 14.9. The number of Topliss-reactive ketones (excluding diaryl/α,β-unsaturated/α-hetero) is 1. The van der Waals surface area contributed by atoms with E-state index >= 15 is 0 Å². The second-order valence-electron chi connectivity index (χ2n) is 7.54. The Morgan fingerprint density at radius 2 is 1.97 bits per heavy atom. The topological polar surface area (TPSA) is 96.5 Å².